The topological polar surface area (TPSA) is 67.4 Å². The molecule has 0 spiro atoms. The zero-order valence-electron chi connectivity index (χ0n) is 14.3. The highest BCUT2D eigenvalue weighted by molar-refractivity contribution is 5.92. The first-order chi connectivity index (χ1) is 12.2. The van der Waals surface area contributed by atoms with Crippen LogP contribution in [0.2, 0.25) is 0 Å². The van der Waals surface area contributed by atoms with E-state index in [2.05, 4.69) is 45.5 Å². The van der Waals surface area contributed by atoms with Crippen molar-refractivity contribution in [3.63, 3.8) is 0 Å². The van der Waals surface area contributed by atoms with E-state index in [4.69, 9.17) is 4.74 Å². The van der Waals surface area contributed by atoms with Crippen molar-refractivity contribution in [3.8, 4) is 0 Å². The minimum absolute atomic E-state index is 0.123. The summed E-state index contributed by atoms with van der Waals surface area (Å²) in [4.78, 5) is 14.4. The SMILES string of the molecule is CC1Cc2ccccc2N1c1ccc(C(=O)NCC2CCCO2)nn1. The second-order valence-corrected chi connectivity index (χ2v) is 6.67. The maximum absolute atomic E-state index is 12.2. The van der Waals surface area contributed by atoms with Crippen LogP contribution in [0.1, 0.15) is 35.8 Å². The minimum atomic E-state index is -0.204. The van der Waals surface area contributed by atoms with Crippen molar-refractivity contribution in [2.75, 3.05) is 18.1 Å². The minimum Gasteiger partial charge on any atom is -0.376 e. The molecule has 2 aliphatic rings. The molecule has 2 atom stereocenters. The van der Waals surface area contributed by atoms with E-state index < -0.39 is 0 Å². The van der Waals surface area contributed by atoms with Crippen molar-refractivity contribution in [1.29, 1.82) is 0 Å². The maximum atomic E-state index is 12.2. The van der Waals surface area contributed by atoms with E-state index in [1.54, 1.807) is 6.07 Å². The molecule has 1 N–H and O–H groups in total. The van der Waals surface area contributed by atoms with E-state index in [0.29, 0.717) is 18.3 Å². The van der Waals surface area contributed by atoms with Gasteiger partial charge in [0.25, 0.3) is 5.91 Å². The van der Waals surface area contributed by atoms with Crippen LogP contribution in [0.3, 0.4) is 0 Å². The largest absolute Gasteiger partial charge is 0.376 e. The summed E-state index contributed by atoms with van der Waals surface area (Å²) in [6.07, 6.45) is 3.17. The number of carbonyl (C=O) groups excluding carboxylic acids is 1. The molecule has 1 aromatic heterocycles. The number of fused-ring (bicyclic) bond motifs is 1. The van der Waals surface area contributed by atoms with Crippen molar-refractivity contribution >= 4 is 17.4 Å². The molecule has 2 unspecified atom stereocenters. The number of hydrogen-bond donors (Lipinski definition) is 1. The van der Waals surface area contributed by atoms with E-state index in [0.717, 1.165) is 31.7 Å². The third kappa shape index (κ3) is 3.22. The summed E-state index contributed by atoms with van der Waals surface area (Å²) in [6, 6.07) is 12.3. The summed E-state index contributed by atoms with van der Waals surface area (Å²) in [5, 5.41) is 11.3. The highest BCUT2D eigenvalue weighted by Gasteiger charge is 2.28. The molecule has 6 nitrogen and oxygen atoms in total. The van der Waals surface area contributed by atoms with Crippen molar-refractivity contribution < 1.29 is 9.53 Å². The van der Waals surface area contributed by atoms with Gasteiger partial charge < -0.3 is 15.0 Å². The molecule has 3 heterocycles. The van der Waals surface area contributed by atoms with Gasteiger partial charge in [0.2, 0.25) is 0 Å². The Morgan fingerprint density at radius 1 is 1.28 bits per heavy atom. The molecule has 6 heteroatoms. The van der Waals surface area contributed by atoms with E-state index in [9.17, 15) is 4.79 Å². The number of benzene rings is 1. The molecule has 25 heavy (non-hydrogen) atoms. The standard InChI is InChI=1S/C19H22N4O2/c1-13-11-14-5-2-3-7-17(14)23(13)18-9-8-16(21-22-18)19(24)20-12-15-6-4-10-25-15/h2-3,5,7-9,13,15H,4,6,10-12H2,1H3,(H,20,24). The molecular weight excluding hydrogens is 316 g/mol. The monoisotopic (exact) mass is 338 g/mol. The number of carbonyl (C=O) groups is 1. The summed E-state index contributed by atoms with van der Waals surface area (Å²) in [5.41, 5.74) is 2.82. The van der Waals surface area contributed by atoms with Crippen LogP contribution in [0.4, 0.5) is 11.5 Å². The number of aromatic nitrogens is 2. The molecule has 2 aromatic rings. The number of ether oxygens (including phenoxy) is 1. The van der Waals surface area contributed by atoms with Gasteiger partial charge in [-0.3, -0.25) is 4.79 Å². The molecule has 1 saturated heterocycles. The van der Waals surface area contributed by atoms with Gasteiger partial charge in [0.15, 0.2) is 11.5 Å². The molecular formula is C19H22N4O2. The van der Waals surface area contributed by atoms with Gasteiger partial charge in [-0.2, -0.15) is 0 Å². The van der Waals surface area contributed by atoms with Crippen LogP contribution >= 0.6 is 0 Å². The summed E-state index contributed by atoms with van der Waals surface area (Å²) in [6.45, 7) is 3.48. The number of anilines is 2. The Balaban J connectivity index is 1.46. The van der Waals surface area contributed by atoms with Gasteiger partial charge in [-0.1, -0.05) is 18.2 Å². The second-order valence-electron chi connectivity index (χ2n) is 6.67. The predicted molar refractivity (Wildman–Crippen MR) is 95.1 cm³/mol. The first kappa shape index (κ1) is 16.0. The molecule has 1 aromatic carbocycles. The van der Waals surface area contributed by atoms with Gasteiger partial charge in [-0.05, 0) is 49.9 Å². The van der Waals surface area contributed by atoms with E-state index in [-0.39, 0.29) is 12.0 Å². The molecule has 2 aliphatic heterocycles. The Hall–Kier alpha value is -2.47. The lowest BCUT2D eigenvalue weighted by atomic mass is 10.1. The second kappa shape index (κ2) is 6.80. The van der Waals surface area contributed by atoms with Gasteiger partial charge in [0, 0.05) is 24.9 Å². The number of amides is 1. The highest BCUT2D eigenvalue weighted by Crippen LogP contribution is 2.36. The fourth-order valence-electron chi connectivity index (χ4n) is 3.59. The van der Waals surface area contributed by atoms with Crippen LogP contribution in [0, 0.1) is 0 Å². The van der Waals surface area contributed by atoms with Crippen LogP contribution < -0.4 is 10.2 Å². The molecule has 1 amide bonds. The molecule has 1 fully saturated rings. The first-order valence-electron chi connectivity index (χ1n) is 8.83. The predicted octanol–water partition coefficient (Wildman–Crippen LogP) is 2.47. The summed E-state index contributed by atoms with van der Waals surface area (Å²) in [5.74, 6) is 0.567. The Bertz CT molecular complexity index is 756. The van der Waals surface area contributed by atoms with Gasteiger partial charge in [0.1, 0.15) is 0 Å². The average Bonchev–Trinajstić information content (AvgIpc) is 3.26. The molecule has 4 rings (SSSR count). The highest BCUT2D eigenvalue weighted by atomic mass is 16.5. The zero-order chi connectivity index (χ0) is 17.2. The van der Waals surface area contributed by atoms with Crippen molar-refractivity contribution in [2.45, 2.75) is 38.3 Å². The summed E-state index contributed by atoms with van der Waals surface area (Å²) >= 11 is 0. The molecule has 0 saturated carbocycles. The Kier molecular flexibility index (Phi) is 4.36. The fraction of sp³-hybridized carbons (Fsp3) is 0.421. The van der Waals surface area contributed by atoms with Gasteiger partial charge in [0.05, 0.1) is 6.10 Å². The number of nitrogens with zero attached hydrogens (tertiary/aromatic N) is 3. The lowest BCUT2D eigenvalue weighted by Crippen LogP contribution is -2.32. The van der Waals surface area contributed by atoms with E-state index in [1.165, 1.54) is 11.3 Å². The van der Waals surface area contributed by atoms with Crippen LogP contribution in [0.5, 0.6) is 0 Å². The number of para-hydroxylation sites is 1. The third-order valence-electron chi connectivity index (χ3n) is 4.85. The number of nitrogens with one attached hydrogen (secondary N) is 1. The number of rotatable bonds is 4. The van der Waals surface area contributed by atoms with Crippen molar-refractivity contribution in [1.82, 2.24) is 15.5 Å². The van der Waals surface area contributed by atoms with Crippen LogP contribution in [0.25, 0.3) is 0 Å². The van der Waals surface area contributed by atoms with Crippen molar-refractivity contribution in [3.05, 3.63) is 47.7 Å². The van der Waals surface area contributed by atoms with Crippen molar-refractivity contribution in [2.24, 2.45) is 0 Å². The molecule has 130 valence electrons. The molecule has 0 aliphatic carbocycles. The van der Waals surface area contributed by atoms with E-state index in [1.807, 2.05) is 12.1 Å². The normalized spacial score (nSPS) is 22.0. The first-order valence-corrected chi connectivity index (χ1v) is 8.83. The fourth-order valence-corrected chi connectivity index (χ4v) is 3.59. The van der Waals surface area contributed by atoms with Crippen LogP contribution in [-0.4, -0.2) is 41.4 Å². The smallest absolute Gasteiger partial charge is 0.271 e. The van der Waals surface area contributed by atoms with Gasteiger partial charge >= 0.3 is 0 Å². The van der Waals surface area contributed by atoms with Gasteiger partial charge in [-0.15, -0.1) is 10.2 Å². The Morgan fingerprint density at radius 2 is 2.16 bits per heavy atom. The van der Waals surface area contributed by atoms with Crippen LogP contribution in [-0.2, 0) is 11.2 Å². The third-order valence-corrected chi connectivity index (χ3v) is 4.85. The Morgan fingerprint density at radius 3 is 2.92 bits per heavy atom. The van der Waals surface area contributed by atoms with Crippen LogP contribution in [0.15, 0.2) is 36.4 Å². The van der Waals surface area contributed by atoms with Gasteiger partial charge in [-0.25, -0.2) is 0 Å². The molecule has 0 bridgehead atoms. The average molecular weight is 338 g/mol. The maximum Gasteiger partial charge on any atom is 0.271 e. The lowest BCUT2D eigenvalue weighted by Gasteiger charge is -2.23. The Labute approximate surface area is 147 Å². The summed E-state index contributed by atoms with van der Waals surface area (Å²) in [7, 11) is 0. The molecule has 0 radical (unpaired) electrons. The zero-order valence-corrected chi connectivity index (χ0v) is 14.3. The lowest BCUT2D eigenvalue weighted by molar-refractivity contribution is 0.0853. The van der Waals surface area contributed by atoms with E-state index >= 15 is 0 Å². The quantitative estimate of drug-likeness (QED) is 0.927. The summed E-state index contributed by atoms with van der Waals surface area (Å²) < 4.78 is 5.51. The number of hydrogen-bond acceptors (Lipinski definition) is 5.